The van der Waals surface area contributed by atoms with Gasteiger partial charge in [-0.3, -0.25) is 9.69 Å². The van der Waals surface area contributed by atoms with E-state index in [0.717, 1.165) is 23.8 Å². The van der Waals surface area contributed by atoms with E-state index >= 15 is 0 Å². The van der Waals surface area contributed by atoms with Gasteiger partial charge in [-0.1, -0.05) is 12.1 Å². The Kier molecular flexibility index (Phi) is 3.55. The maximum absolute atomic E-state index is 14.0. The molecule has 1 aliphatic heterocycles. The highest BCUT2D eigenvalue weighted by Gasteiger charge is 2.35. The maximum atomic E-state index is 14.0. The summed E-state index contributed by atoms with van der Waals surface area (Å²) in [4.78, 5) is 13.4. The third-order valence-electron chi connectivity index (χ3n) is 3.26. The van der Waals surface area contributed by atoms with Gasteiger partial charge in [0.1, 0.15) is 17.0 Å². The molecule has 1 saturated heterocycles. The number of thioether (sulfide) groups is 1. The highest BCUT2D eigenvalue weighted by molar-refractivity contribution is 8.00. The number of nitrogens with two attached hydrogens (primary N) is 1. The van der Waals surface area contributed by atoms with E-state index in [1.165, 1.54) is 16.7 Å². The maximum Gasteiger partial charge on any atom is 0.238 e. The fourth-order valence-electron chi connectivity index (χ4n) is 2.26. The lowest BCUT2D eigenvalue weighted by atomic mass is 10.1. The van der Waals surface area contributed by atoms with Crippen LogP contribution in [0.25, 0.3) is 0 Å². The summed E-state index contributed by atoms with van der Waals surface area (Å²) in [6.45, 7) is 0. The van der Waals surface area contributed by atoms with E-state index < -0.39 is 11.6 Å². The molecule has 0 aliphatic carbocycles. The molecule has 3 rings (SSSR count). The lowest BCUT2D eigenvalue weighted by molar-refractivity contribution is -0.115. The highest BCUT2D eigenvalue weighted by Crippen LogP contribution is 2.42. The summed E-state index contributed by atoms with van der Waals surface area (Å²) in [7, 11) is 0. The molecule has 0 saturated carbocycles. The average Bonchev–Trinajstić information content (AvgIpc) is 2.84. The second-order valence-corrected chi connectivity index (χ2v) is 5.76. The molecular formula is C15H12F2N2OS. The van der Waals surface area contributed by atoms with Crippen molar-refractivity contribution in [1.82, 2.24) is 0 Å². The first-order chi connectivity index (χ1) is 10.1. The van der Waals surface area contributed by atoms with Crippen molar-refractivity contribution in [2.75, 3.05) is 16.4 Å². The molecule has 1 fully saturated rings. The van der Waals surface area contributed by atoms with Crippen molar-refractivity contribution < 1.29 is 13.6 Å². The van der Waals surface area contributed by atoms with Crippen LogP contribution in [0.5, 0.6) is 0 Å². The number of rotatable bonds is 2. The van der Waals surface area contributed by atoms with Crippen LogP contribution >= 0.6 is 11.8 Å². The van der Waals surface area contributed by atoms with Crippen molar-refractivity contribution in [3.63, 3.8) is 0 Å². The summed E-state index contributed by atoms with van der Waals surface area (Å²) in [6.07, 6.45) is 0. The van der Waals surface area contributed by atoms with Crippen LogP contribution in [-0.2, 0) is 4.79 Å². The van der Waals surface area contributed by atoms with E-state index in [-0.39, 0.29) is 22.7 Å². The molecule has 2 aromatic carbocycles. The minimum Gasteiger partial charge on any atom is -0.399 e. The van der Waals surface area contributed by atoms with Crippen LogP contribution in [0, 0.1) is 11.6 Å². The Balaban J connectivity index is 2.03. The van der Waals surface area contributed by atoms with E-state index in [2.05, 4.69) is 0 Å². The molecule has 1 amide bonds. The average molecular weight is 306 g/mol. The summed E-state index contributed by atoms with van der Waals surface area (Å²) in [6, 6.07) is 10.1. The molecule has 1 heterocycles. The van der Waals surface area contributed by atoms with Crippen LogP contribution in [0.4, 0.5) is 20.2 Å². The van der Waals surface area contributed by atoms with Gasteiger partial charge in [0.05, 0.1) is 11.4 Å². The molecule has 2 aromatic rings. The molecule has 0 aromatic heterocycles. The quantitative estimate of drug-likeness (QED) is 0.866. The third-order valence-corrected chi connectivity index (χ3v) is 4.47. The Labute approximate surface area is 124 Å². The standard InChI is InChI=1S/C15H12F2N2OS/c16-10-3-6-12(17)13(7-10)19-14(20)8-21-15(19)9-1-4-11(18)5-2-9/h1-7,15H,8,18H2/t15-/m1/s1. The van der Waals surface area contributed by atoms with Gasteiger partial charge in [0, 0.05) is 11.8 Å². The van der Waals surface area contributed by atoms with Crippen LogP contribution in [-0.4, -0.2) is 11.7 Å². The lowest BCUT2D eigenvalue weighted by Gasteiger charge is -2.24. The molecule has 6 heteroatoms. The molecule has 108 valence electrons. The lowest BCUT2D eigenvalue weighted by Crippen LogP contribution is -2.28. The number of halogens is 2. The van der Waals surface area contributed by atoms with Crippen LogP contribution in [0.3, 0.4) is 0 Å². The first-order valence-corrected chi connectivity index (χ1v) is 7.35. The van der Waals surface area contributed by atoms with Gasteiger partial charge in [-0.15, -0.1) is 11.8 Å². The largest absolute Gasteiger partial charge is 0.399 e. The molecule has 3 nitrogen and oxygen atoms in total. The van der Waals surface area contributed by atoms with Gasteiger partial charge >= 0.3 is 0 Å². The summed E-state index contributed by atoms with van der Waals surface area (Å²) < 4.78 is 27.3. The zero-order chi connectivity index (χ0) is 15.0. The van der Waals surface area contributed by atoms with Crippen LogP contribution in [0.15, 0.2) is 42.5 Å². The summed E-state index contributed by atoms with van der Waals surface area (Å²) in [5.41, 5.74) is 7.04. The number of nitrogen functional groups attached to an aromatic ring is 1. The Hall–Kier alpha value is -2.08. The van der Waals surface area contributed by atoms with E-state index in [1.54, 1.807) is 24.3 Å². The SMILES string of the molecule is Nc1ccc([C@H]2SCC(=O)N2c2cc(F)ccc2F)cc1. The van der Waals surface area contributed by atoms with Crippen molar-refractivity contribution in [2.45, 2.75) is 5.37 Å². The molecule has 21 heavy (non-hydrogen) atoms. The van der Waals surface area contributed by atoms with Crippen molar-refractivity contribution in [1.29, 1.82) is 0 Å². The number of anilines is 2. The van der Waals surface area contributed by atoms with Gasteiger partial charge in [-0.25, -0.2) is 8.78 Å². The van der Waals surface area contributed by atoms with E-state index in [0.29, 0.717) is 5.69 Å². The normalized spacial score (nSPS) is 18.3. The van der Waals surface area contributed by atoms with Crippen LogP contribution in [0.1, 0.15) is 10.9 Å². The predicted octanol–water partition coefficient (Wildman–Crippen LogP) is 3.33. The minimum atomic E-state index is -0.618. The van der Waals surface area contributed by atoms with Crippen molar-refractivity contribution in [3.8, 4) is 0 Å². The summed E-state index contributed by atoms with van der Waals surface area (Å²) in [5, 5.41) is -0.380. The number of carbonyl (C=O) groups is 1. The molecule has 0 unspecified atom stereocenters. The van der Waals surface area contributed by atoms with E-state index in [9.17, 15) is 13.6 Å². The zero-order valence-electron chi connectivity index (χ0n) is 10.9. The van der Waals surface area contributed by atoms with Gasteiger partial charge in [0.15, 0.2) is 0 Å². The monoisotopic (exact) mass is 306 g/mol. The molecule has 0 radical (unpaired) electrons. The molecule has 2 N–H and O–H groups in total. The van der Waals surface area contributed by atoms with E-state index in [4.69, 9.17) is 5.73 Å². The molecule has 1 atom stereocenters. The molecule has 0 bridgehead atoms. The molecule has 0 spiro atoms. The number of amides is 1. The Morgan fingerprint density at radius 1 is 1.14 bits per heavy atom. The second-order valence-electron chi connectivity index (χ2n) is 4.69. The minimum absolute atomic E-state index is 0.0353. The Morgan fingerprint density at radius 2 is 1.86 bits per heavy atom. The van der Waals surface area contributed by atoms with Crippen molar-refractivity contribution in [3.05, 3.63) is 59.7 Å². The van der Waals surface area contributed by atoms with Crippen molar-refractivity contribution in [2.24, 2.45) is 0 Å². The molecule has 1 aliphatic rings. The van der Waals surface area contributed by atoms with Crippen molar-refractivity contribution >= 4 is 29.0 Å². The third kappa shape index (κ3) is 2.58. The summed E-state index contributed by atoms with van der Waals surface area (Å²) in [5.74, 6) is -1.21. The number of benzene rings is 2. The first kappa shape index (κ1) is 13.9. The Bertz CT molecular complexity index is 691. The van der Waals surface area contributed by atoms with Gasteiger partial charge < -0.3 is 5.73 Å². The van der Waals surface area contributed by atoms with Gasteiger partial charge in [-0.2, -0.15) is 0 Å². The van der Waals surface area contributed by atoms with Crippen LogP contribution in [0.2, 0.25) is 0 Å². The number of hydrogen-bond donors (Lipinski definition) is 1. The zero-order valence-corrected chi connectivity index (χ0v) is 11.7. The fraction of sp³-hybridized carbons (Fsp3) is 0.133. The summed E-state index contributed by atoms with van der Waals surface area (Å²) >= 11 is 1.37. The van der Waals surface area contributed by atoms with Crippen LogP contribution < -0.4 is 10.6 Å². The Morgan fingerprint density at radius 3 is 2.57 bits per heavy atom. The topological polar surface area (TPSA) is 46.3 Å². The highest BCUT2D eigenvalue weighted by atomic mass is 32.2. The molecular weight excluding hydrogens is 294 g/mol. The van der Waals surface area contributed by atoms with Gasteiger partial charge in [0.2, 0.25) is 5.91 Å². The fourth-order valence-corrected chi connectivity index (χ4v) is 3.43. The number of carbonyl (C=O) groups excluding carboxylic acids is 1. The number of nitrogens with zero attached hydrogens (tertiary/aromatic N) is 1. The predicted molar refractivity (Wildman–Crippen MR) is 79.9 cm³/mol. The first-order valence-electron chi connectivity index (χ1n) is 6.30. The smallest absolute Gasteiger partial charge is 0.238 e. The van der Waals surface area contributed by atoms with E-state index in [1.807, 2.05) is 0 Å². The van der Waals surface area contributed by atoms with Gasteiger partial charge in [-0.05, 0) is 29.8 Å². The number of hydrogen-bond acceptors (Lipinski definition) is 3. The second kappa shape index (κ2) is 5.37. The van der Waals surface area contributed by atoms with Gasteiger partial charge in [0.25, 0.3) is 0 Å².